The zero-order valence-corrected chi connectivity index (χ0v) is 37.2. The smallest absolute Gasteiger partial charge is 0.293 e. The number of likely N-dealkylation sites (tertiary alicyclic amines) is 1. The maximum atomic E-state index is 16.0. The van der Waals surface area contributed by atoms with Gasteiger partial charge in [-0.05, 0) is 94.8 Å². The van der Waals surface area contributed by atoms with Gasteiger partial charge in [-0.3, -0.25) is 34.2 Å². The van der Waals surface area contributed by atoms with Crippen molar-refractivity contribution in [3.8, 4) is 5.75 Å². The molecular formula is C46H52ClF2N9O7. The molecule has 1 saturated carbocycles. The highest BCUT2D eigenvalue weighted by Crippen LogP contribution is 2.40. The number of rotatable bonds is 12. The first kappa shape index (κ1) is 44.5. The van der Waals surface area contributed by atoms with E-state index >= 15 is 8.78 Å². The quantitative estimate of drug-likeness (QED) is 0.160. The Labute approximate surface area is 379 Å². The number of aromatic nitrogens is 3. The molecule has 19 heteroatoms. The van der Waals surface area contributed by atoms with Gasteiger partial charge in [0, 0.05) is 73.3 Å². The third-order valence-corrected chi connectivity index (χ3v) is 13.8. The molecule has 0 bridgehead atoms. The fourth-order valence-corrected chi connectivity index (χ4v) is 10.0. The summed E-state index contributed by atoms with van der Waals surface area (Å²) in [5.41, 5.74) is 1.69. The molecule has 3 atom stereocenters. The van der Waals surface area contributed by atoms with Gasteiger partial charge in [-0.25, -0.2) is 13.8 Å². The standard InChI is InChI=1S/C46H52ClF2N9O7/c1-24(2)58-36-7-4-26(16-25(36)17-38(45(58)63)64-23-40(60)50-3)52-42-34(47)20-51-46(54-42)55-13-10-28(11-14-55)65-29-18-27(19-29)56-15-12-30(35(48)22-56)31-5-6-32-33(41(31)49)21-57(44(32)62)37-8-9-39(59)53-43(37)61/h4-7,16-17,20,24,27-30,35,37H,8-15,18-19,21-23H2,1-3H3,(H,50,60)(H,51,52,54)(H,53,59,61)/t27-,29-,30?,35?,37?. The van der Waals surface area contributed by atoms with Crippen LogP contribution in [0.15, 0.2) is 47.4 Å². The van der Waals surface area contributed by atoms with Gasteiger partial charge in [0.2, 0.25) is 17.8 Å². The van der Waals surface area contributed by atoms with Crippen molar-refractivity contribution >= 4 is 63.6 Å². The van der Waals surface area contributed by atoms with E-state index in [1.807, 2.05) is 32.0 Å². The molecule has 4 aromatic rings. The number of halogens is 3. The number of benzene rings is 2. The highest BCUT2D eigenvalue weighted by molar-refractivity contribution is 6.33. The molecule has 4 amide bonds. The van der Waals surface area contributed by atoms with E-state index in [2.05, 4.69) is 30.7 Å². The molecule has 65 heavy (non-hydrogen) atoms. The molecule has 4 aliphatic heterocycles. The summed E-state index contributed by atoms with van der Waals surface area (Å²) in [6.45, 7) is 5.61. The Morgan fingerprint density at radius 2 is 1.80 bits per heavy atom. The van der Waals surface area contributed by atoms with Crippen LogP contribution in [0.4, 0.5) is 26.2 Å². The second-order valence-electron chi connectivity index (χ2n) is 17.9. The molecule has 4 fully saturated rings. The number of ether oxygens (including phenoxy) is 2. The number of alkyl halides is 1. The lowest BCUT2D eigenvalue weighted by Crippen LogP contribution is -2.54. The SMILES string of the molecule is CNC(=O)COc1cc2cc(Nc3nc(N4CCC(O[C@H]5C[C@H](N6CCC(c7ccc8c(c7F)CN(C7CCC(=O)NC7=O)C8=O)C(F)C6)C5)CC4)ncc3Cl)ccc2n(C(C)C)c1=O. The summed E-state index contributed by atoms with van der Waals surface area (Å²) in [5.74, 6) is -1.96. The first-order valence-electron chi connectivity index (χ1n) is 22.3. The van der Waals surface area contributed by atoms with Crippen LogP contribution in [-0.4, -0.2) is 118 Å². The molecule has 5 aliphatic rings. The number of piperidine rings is 3. The Morgan fingerprint density at radius 1 is 1.02 bits per heavy atom. The van der Waals surface area contributed by atoms with Gasteiger partial charge in [0.1, 0.15) is 23.1 Å². The average Bonchev–Trinajstić information content (AvgIpc) is 3.61. The molecule has 3 N–H and O–H groups in total. The lowest BCUT2D eigenvalue weighted by Gasteiger charge is -2.47. The lowest BCUT2D eigenvalue weighted by molar-refractivity contribution is -0.137. The van der Waals surface area contributed by atoms with Gasteiger partial charge in [-0.1, -0.05) is 17.7 Å². The minimum Gasteiger partial charge on any atom is -0.478 e. The van der Waals surface area contributed by atoms with Crippen molar-refractivity contribution in [2.75, 3.05) is 50.1 Å². The van der Waals surface area contributed by atoms with Crippen LogP contribution in [0.1, 0.15) is 92.2 Å². The lowest BCUT2D eigenvalue weighted by atomic mass is 9.82. The molecule has 2 aromatic heterocycles. The molecule has 344 valence electrons. The van der Waals surface area contributed by atoms with Crippen LogP contribution in [0.5, 0.6) is 5.75 Å². The zero-order chi connectivity index (χ0) is 45.7. The van der Waals surface area contributed by atoms with Crippen molar-refractivity contribution in [1.82, 2.24) is 35.0 Å². The summed E-state index contributed by atoms with van der Waals surface area (Å²) in [6.07, 6.45) is 4.30. The summed E-state index contributed by atoms with van der Waals surface area (Å²) in [6, 6.07) is 9.43. The van der Waals surface area contributed by atoms with Crippen molar-refractivity contribution in [1.29, 1.82) is 0 Å². The molecule has 1 aliphatic carbocycles. The normalized spacial score (nSPS) is 24.0. The van der Waals surface area contributed by atoms with E-state index in [0.29, 0.717) is 54.0 Å². The number of imide groups is 1. The number of carbonyl (C=O) groups excluding carboxylic acids is 4. The van der Waals surface area contributed by atoms with Crippen LogP contribution in [0, 0.1) is 5.82 Å². The molecule has 6 heterocycles. The van der Waals surface area contributed by atoms with Gasteiger partial charge in [0.15, 0.2) is 18.2 Å². The van der Waals surface area contributed by atoms with Gasteiger partial charge >= 0.3 is 0 Å². The number of hydrogen-bond donors (Lipinski definition) is 3. The van der Waals surface area contributed by atoms with E-state index in [-0.39, 0.29) is 90.7 Å². The largest absolute Gasteiger partial charge is 0.478 e. The van der Waals surface area contributed by atoms with E-state index in [4.69, 9.17) is 26.1 Å². The molecule has 0 spiro atoms. The van der Waals surface area contributed by atoms with Gasteiger partial charge in [-0.15, -0.1) is 0 Å². The van der Waals surface area contributed by atoms with Crippen molar-refractivity contribution in [3.63, 3.8) is 0 Å². The Kier molecular flexibility index (Phi) is 12.5. The topological polar surface area (TPSA) is 180 Å². The summed E-state index contributed by atoms with van der Waals surface area (Å²) < 4.78 is 45.7. The minimum atomic E-state index is -1.29. The molecule has 3 unspecified atom stereocenters. The van der Waals surface area contributed by atoms with E-state index < -0.39 is 41.7 Å². The van der Waals surface area contributed by atoms with Gasteiger partial charge in [-0.2, -0.15) is 4.98 Å². The maximum absolute atomic E-state index is 16.0. The van der Waals surface area contributed by atoms with E-state index in [9.17, 15) is 24.0 Å². The summed E-state index contributed by atoms with van der Waals surface area (Å²) >= 11 is 6.58. The first-order valence-corrected chi connectivity index (χ1v) is 22.7. The fourth-order valence-electron chi connectivity index (χ4n) is 9.89. The highest BCUT2D eigenvalue weighted by Gasteiger charge is 2.44. The monoisotopic (exact) mass is 915 g/mol. The van der Waals surface area contributed by atoms with Crippen LogP contribution < -0.4 is 31.1 Å². The van der Waals surface area contributed by atoms with Gasteiger partial charge < -0.3 is 34.5 Å². The number of hydrogen-bond acceptors (Lipinski definition) is 12. The van der Waals surface area contributed by atoms with Crippen molar-refractivity contribution < 1.29 is 37.4 Å². The number of fused-ring (bicyclic) bond motifs is 2. The molecule has 2 aromatic carbocycles. The van der Waals surface area contributed by atoms with Crippen LogP contribution in [0.2, 0.25) is 5.02 Å². The van der Waals surface area contributed by atoms with Gasteiger partial charge in [0.05, 0.1) is 30.5 Å². The first-order chi connectivity index (χ1) is 31.3. The average molecular weight is 916 g/mol. The molecule has 0 radical (unpaired) electrons. The summed E-state index contributed by atoms with van der Waals surface area (Å²) in [4.78, 5) is 77.2. The summed E-state index contributed by atoms with van der Waals surface area (Å²) in [7, 11) is 1.50. The van der Waals surface area contributed by atoms with Crippen LogP contribution >= 0.6 is 11.6 Å². The second-order valence-corrected chi connectivity index (χ2v) is 18.3. The van der Waals surface area contributed by atoms with Crippen LogP contribution in [0.3, 0.4) is 0 Å². The van der Waals surface area contributed by atoms with Crippen LogP contribution in [-0.2, 0) is 25.7 Å². The predicted octanol–water partition coefficient (Wildman–Crippen LogP) is 5.14. The second kappa shape index (κ2) is 18.3. The van der Waals surface area contributed by atoms with E-state index in [0.717, 1.165) is 31.1 Å². The Hall–Kier alpha value is -5.72. The zero-order valence-electron chi connectivity index (χ0n) is 36.5. The van der Waals surface area contributed by atoms with Gasteiger partial charge in [0.25, 0.3) is 17.4 Å². The number of nitrogens with zero attached hydrogens (tertiary/aromatic N) is 6. The Balaban J connectivity index is 0.756. The van der Waals surface area contributed by atoms with Crippen molar-refractivity contribution in [2.45, 2.75) is 108 Å². The van der Waals surface area contributed by atoms with E-state index in [1.54, 1.807) is 22.9 Å². The van der Waals surface area contributed by atoms with Crippen molar-refractivity contribution in [3.05, 3.63) is 80.5 Å². The predicted molar refractivity (Wildman–Crippen MR) is 238 cm³/mol. The third kappa shape index (κ3) is 8.87. The van der Waals surface area contributed by atoms with Crippen LogP contribution in [0.25, 0.3) is 10.9 Å². The third-order valence-electron chi connectivity index (χ3n) is 13.5. The number of nitrogens with one attached hydrogen (secondary N) is 3. The highest BCUT2D eigenvalue weighted by atomic mass is 35.5. The van der Waals surface area contributed by atoms with E-state index in [1.165, 1.54) is 18.0 Å². The molecular weight excluding hydrogens is 864 g/mol. The molecule has 16 nitrogen and oxygen atoms in total. The number of likely N-dealkylation sites (N-methyl/N-ethyl adjacent to an activating group) is 1. The fraction of sp³-hybridized carbons (Fsp3) is 0.500. The Morgan fingerprint density at radius 3 is 2.52 bits per heavy atom. The molecule has 9 rings (SSSR count). The van der Waals surface area contributed by atoms with Crippen molar-refractivity contribution in [2.24, 2.45) is 0 Å². The minimum absolute atomic E-state index is 0.0633. The number of carbonyl (C=O) groups is 4. The Bertz CT molecular complexity index is 2600. The maximum Gasteiger partial charge on any atom is 0.293 e. The number of amides is 4. The summed E-state index contributed by atoms with van der Waals surface area (Å²) in [5, 5.41) is 9.12. The number of anilines is 3. The molecule has 3 saturated heterocycles. The number of pyridine rings is 1.